The van der Waals surface area contributed by atoms with Gasteiger partial charge in [0.05, 0.1) is 5.52 Å². The highest BCUT2D eigenvalue weighted by Crippen LogP contribution is 2.28. The number of fused-ring (bicyclic) bond motifs is 1. The number of benzene rings is 1. The molecule has 1 aromatic carbocycles. The van der Waals surface area contributed by atoms with Crippen LogP contribution in [0, 0.1) is 6.92 Å². The third-order valence-corrected chi connectivity index (χ3v) is 3.19. The number of rotatable bonds is 1. The van der Waals surface area contributed by atoms with Gasteiger partial charge in [-0.2, -0.15) is 0 Å². The number of aryl methyl sites for hydroxylation is 1. The van der Waals surface area contributed by atoms with Crippen LogP contribution < -0.4 is 0 Å². The van der Waals surface area contributed by atoms with Crippen LogP contribution in [0.3, 0.4) is 0 Å². The maximum absolute atomic E-state index is 9.55. The van der Waals surface area contributed by atoms with Crippen LogP contribution in [0.15, 0.2) is 42.5 Å². The lowest BCUT2D eigenvalue weighted by Crippen LogP contribution is -1.93. The predicted octanol–water partition coefficient (Wildman–Crippen LogP) is 3.67. The van der Waals surface area contributed by atoms with Crippen LogP contribution in [0.25, 0.3) is 16.9 Å². The smallest absolute Gasteiger partial charge is 0.155 e. The first-order valence-electron chi connectivity index (χ1n) is 5.60. The third-order valence-electron chi connectivity index (χ3n) is 2.92. The van der Waals surface area contributed by atoms with Crippen molar-refractivity contribution in [3.8, 4) is 17.1 Å². The standard InChI is InChI=1S/C14H11ClN2O/c1-9-4-2-7-12-13(15)16-14(17(9)12)10-5-3-6-11(18)8-10/h2-8,18H,1H3. The molecule has 2 heterocycles. The van der Waals surface area contributed by atoms with Gasteiger partial charge in [-0.15, -0.1) is 0 Å². The molecule has 0 spiro atoms. The zero-order valence-corrected chi connectivity index (χ0v) is 10.5. The fraction of sp³-hybridized carbons (Fsp3) is 0.0714. The average molecular weight is 259 g/mol. The molecule has 0 amide bonds. The third kappa shape index (κ3) is 1.64. The van der Waals surface area contributed by atoms with E-state index in [1.165, 1.54) is 0 Å². The highest BCUT2D eigenvalue weighted by molar-refractivity contribution is 6.32. The van der Waals surface area contributed by atoms with Crippen molar-refractivity contribution in [3.05, 3.63) is 53.3 Å². The molecule has 1 N–H and O–H groups in total. The highest BCUT2D eigenvalue weighted by Gasteiger charge is 2.12. The minimum absolute atomic E-state index is 0.217. The molecule has 90 valence electrons. The van der Waals surface area contributed by atoms with Gasteiger partial charge in [-0.05, 0) is 31.2 Å². The van der Waals surface area contributed by atoms with Crippen molar-refractivity contribution in [3.63, 3.8) is 0 Å². The summed E-state index contributed by atoms with van der Waals surface area (Å²) in [5, 5.41) is 10.0. The van der Waals surface area contributed by atoms with Crippen LogP contribution >= 0.6 is 11.6 Å². The Hall–Kier alpha value is -2.00. The second kappa shape index (κ2) is 4.03. The Bertz CT molecular complexity index is 734. The Morgan fingerprint density at radius 3 is 2.72 bits per heavy atom. The zero-order valence-electron chi connectivity index (χ0n) is 9.76. The number of nitrogens with zero attached hydrogens (tertiary/aromatic N) is 2. The molecule has 3 nitrogen and oxygen atoms in total. The Morgan fingerprint density at radius 1 is 1.17 bits per heavy atom. The molecule has 2 aromatic heterocycles. The van der Waals surface area contributed by atoms with E-state index in [1.807, 2.05) is 35.6 Å². The van der Waals surface area contributed by atoms with Gasteiger partial charge in [-0.1, -0.05) is 29.8 Å². The summed E-state index contributed by atoms with van der Waals surface area (Å²) in [7, 11) is 0. The second-order valence-corrected chi connectivity index (χ2v) is 4.52. The van der Waals surface area contributed by atoms with Crippen molar-refractivity contribution >= 4 is 17.1 Å². The molecule has 0 saturated carbocycles. The number of hydrogen-bond donors (Lipinski definition) is 1. The molecule has 0 aliphatic carbocycles. The van der Waals surface area contributed by atoms with Crippen LogP contribution in [0.1, 0.15) is 5.69 Å². The molecule has 0 atom stereocenters. The van der Waals surface area contributed by atoms with E-state index in [2.05, 4.69) is 4.98 Å². The molecule has 0 aliphatic rings. The minimum atomic E-state index is 0.217. The number of phenolic OH excluding ortho intramolecular Hbond substituents is 1. The first-order chi connectivity index (χ1) is 8.66. The summed E-state index contributed by atoms with van der Waals surface area (Å²) in [5.74, 6) is 0.956. The normalized spacial score (nSPS) is 11.0. The van der Waals surface area contributed by atoms with Crippen LogP contribution in [0.2, 0.25) is 5.15 Å². The predicted molar refractivity (Wildman–Crippen MR) is 72.0 cm³/mol. The van der Waals surface area contributed by atoms with Gasteiger partial charge in [-0.3, -0.25) is 4.40 Å². The van der Waals surface area contributed by atoms with Crippen molar-refractivity contribution in [2.45, 2.75) is 6.92 Å². The number of aromatic hydroxyl groups is 1. The maximum atomic E-state index is 9.55. The van der Waals surface area contributed by atoms with Gasteiger partial charge in [0, 0.05) is 11.3 Å². The summed E-state index contributed by atoms with van der Waals surface area (Å²) in [6, 6.07) is 12.9. The summed E-state index contributed by atoms with van der Waals surface area (Å²) < 4.78 is 1.98. The SMILES string of the molecule is Cc1cccc2c(Cl)nc(-c3cccc(O)c3)n12. The van der Waals surface area contributed by atoms with Crippen molar-refractivity contribution in [2.24, 2.45) is 0 Å². The summed E-state index contributed by atoms with van der Waals surface area (Å²) in [6.45, 7) is 2.00. The molecule has 3 rings (SSSR count). The number of hydrogen-bond acceptors (Lipinski definition) is 2. The van der Waals surface area contributed by atoms with E-state index in [1.54, 1.807) is 18.2 Å². The van der Waals surface area contributed by atoms with Crippen molar-refractivity contribution in [2.75, 3.05) is 0 Å². The molecular weight excluding hydrogens is 248 g/mol. The fourth-order valence-electron chi connectivity index (χ4n) is 2.10. The Morgan fingerprint density at radius 2 is 1.94 bits per heavy atom. The first-order valence-corrected chi connectivity index (χ1v) is 5.97. The highest BCUT2D eigenvalue weighted by atomic mass is 35.5. The Kier molecular flexibility index (Phi) is 2.49. The number of halogens is 1. The number of pyridine rings is 1. The van der Waals surface area contributed by atoms with Crippen molar-refractivity contribution in [1.82, 2.24) is 9.38 Å². The van der Waals surface area contributed by atoms with Gasteiger partial charge in [-0.25, -0.2) is 4.98 Å². The largest absolute Gasteiger partial charge is 0.508 e. The molecule has 0 bridgehead atoms. The van der Waals surface area contributed by atoms with E-state index >= 15 is 0 Å². The zero-order chi connectivity index (χ0) is 12.7. The van der Waals surface area contributed by atoms with Gasteiger partial charge in [0.25, 0.3) is 0 Å². The van der Waals surface area contributed by atoms with E-state index in [0.29, 0.717) is 5.15 Å². The van der Waals surface area contributed by atoms with Crippen LogP contribution in [-0.2, 0) is 0 Å². The fourth-order valence-corrected chi connectivity index (χ4v) is 2.33. The lowest BCUT2D eigenvalue weighted by atomic mass is 10.2. The Labute approximate surface area is 109 Å². The molecular formula is C14H11ClN2O. The van der Waals surface area contributed by atoms with Gasteiger partial charge >= 0.3 is 0 Å². The van der Waals surface area contributed by atoms with E-state index in [-0.39, 0.29) is 5.75 Å². The van der Waals surface area contributed by atoms with E-state index in [9.17, 15) is 5.11 Å². The number of imidazole rings is 1. The van der Waals surface area contributed by atoms with Crippen molar-refractivity contribution in [1.29, 1.82) is 0 Å². The van der Waals surface area contributed by atoms with E-state index < -0.39 is 0 Å². The van der Waals surface area contributed by atoms with Gasteiger partial charge in [0.2, 0.25) is 0 Å². The molecule has 0 aliphatic heterocycles. The summed E-state index contributed by atoms with van der Waals surface area (Å²) in [5.41, 5.74) is 2.76. The maximum Gasteiger partial charge on any atom is 0.155 e. The molecule has 0 unspecified atom stereocenters. The van der Waals surface area contributed by atoms with Crippen LogP contribution in [0.5, 0.6) is 5.75 Å². The lowest BCUT2D eigenvalue weighted by Gasteiger charge is -2.05. The van der Waals surface area contributed by atoms with E-state index in [0.717, 1.165) is 22.6 Å². The lowest BCUT2D eigenvalue weighted by molar-refractivity contribution is 0.475. The van der Waals surface area contributed by atoms with E-state index in [4.69, 9.17) is 11.6 Å². The van der Waals surface area contributed by atoms with Crippen molar-refractivity contribution < 1.29 is 5.11 Å². The van der Waals surface area contributed by atoms with Gasteiger partial charge in [0.15, 0.2) is 5.15 Å². The summed E-state index contributed by atoms with van der Waals surface area (Å²) >= 11 is 6.14. The molecule has 3 aromatic rings. The minimum Gasteiger partial charge on any atom is -0.508 e. The molecule has 0 radical (unpaired) electrons. The van der Waals surface area contributed by atoms with Gasteiger partial charge in [0.1, 0.15) is 11.6 Å². The quantitative estimate of drug-likeness (QED) is 0.723. The average Bonchev–Trinajstić information content (AvgIpc) is 2.69. The molecule has 18 heavy (non-hydrogen) atoms. The Balaban J connectivity index is 2.36. The number of phenols is 1. The van der Waals surface area contributed by atoms with Crippen LogP contribution in [-0.4, -0.2) is 14.5 Å². The second-order valence-electron chi connectivity index (χ2n) is 4.16. The summed E-state index contributed by atoms with van der Waals surface area (Å²) in [6.07, 6.45) is 0. The molecule has 0 saturated heterocycles. The van der Waals surface area contributed by atoms with Crippen LogP contribution in [0.4, 0.5) is 0 Å². The molecule has 0 fully saturated rings. The summed E-state index contributed by atoms with van der Waals surface area (Å²) in [4.78, 5) is 4.38. The monoisotopic (exact) mass is 258 g/mol. The topological polar surface area (TPSA) is 37.5 Å². The molecule has 4 heteroatoms. The van der Waals surface area contributed by atoms with Gasteiger partial charge < -0.3 is 5.11 Å². The first kappa shape index (κ1) is 11.1. The number of aromatic nitrogens is 2.